The molecule has 33 heavy (non-hydrogen) atoms. The number of rotatable bonds is 7. The standard InChI is InChI=1S/C21H25N5O5S.ClH/c1-21(2,3)25-32(29,30)15-7-8-18(23-12-15)26-20(28)17(13-24-26)16(10-19(27)31-4)14-6-5-9-22-11-14;/h5-9,11-13,16,24-25H,10H2,1-4H3;1H. The third-order valence-electron chi connectivity index (χ3n) is 4.56. The molecule has 3 heterocycles. The molecule has 0 fully saturated rings. The normalized spacial score (nSPS) is 12.6. The molecule has 0 spiro atoms. The topological polar surface area (TPSA) is 136 Å². The van der Waals surface area contributed by atoms with Gasteiger partial charge in [0.25, 0.3) is 5.56 Å². The number of esters is 1. The van der Waals surface area contributed by atoms with Crippen LogP contribution in [0.3, 0.4) is 0 Å². The number of nitrogens with one attached hydrogen (secondary N) is 2. The average molecular weight is 496 g/mol. The molecule has 0 amide bonds. The number of hydrogen-bond acceptors (Lipinski definition) is 7. The van der Waals surface area contributed by atoms with E-state index in [9.17, 15) is 18.0 Å². The fourth-order valence-corrected chi connectivity index (χ4v) is 4.53. The van der Waals surface area contributed by atoms with E-state index >= 15 is 0 Å². The summed E-state index contributed by atoms with van der Waals surface area (Å²) in [4.78, 5) is 33.3. The molecule has 0 aliphatic rings. The number of halogens is 1. The maximum atomic E-state index is 13.1. The third kappa shape index (κ3) is 6.28. The molecule has 0 radical (unpaired) electrons. The number of nitrogens with zero attached hydrogens (tertiary/aromatic N) is 3. The second kappa shape index (κ2) is 10.3. The van der Waals surface area contributed by atoms with Gasteiger partial charge in [0.05, 0.1) is 13.5 Å². The van der Waals surface area contributed by atoms with Gasteiger partial charge in [0.15, 0.2) is 5.82 Å². The summed E-state index contributed by atoms with van der Waals surface area (Å²) >= 11 is 0. The number of carbonyl (C=O) groups is 1. The average Bonchev–Trinajstić information content (AvgIpc) is 3.12. The van der Waals surface area contributed by atoms with Crippen molar-refractivity contribution in [1.82, 2.24) is 24.5 Å². The van der Waals surface area contributed by atoms with Crippen LogP contribution in [-0.4, -0.2) is 46.8 Å². The molecule has 3 aromatic rings. The molecule has 3 aromatic heterocycles. The Morgan fingerprint density at radius 3 is 2.52 bits per heavy atom. The van der Waals surface area contributed by atoms with Crippen LogP contribution in [0.1, 0.15) is 44.2 Å². The number of carbonyl (C=O) groups excluding carboxylic acids is 1. The SMILES string of the molecule is COC(=O)CC(c1cccnc1)c1c[nH]n(-c2ccc(S(=O)(=O)NC(C)(C)C)cn2)c1=O.Cl. The number of aromatic amines is 1. The van der Waals surface area contributed by atoms with Crippen LogP contribution in [0.15, 0.2) is 58.7 Å². The highest BCUT2D eigenvalue weighted by Crippen LogP contribution is 2.26. The fourth-order valence-electron chi connectivity index (χ4n) is 3.17. The van der Waals surface area contributed by atoms with Crippen molar-refractivity contribution in [3.63, 3.8) is 0 Å². The third-order valence-corrected chi connectivity index (χ3v) is 6.30. The monoisotopic (exact) mass is 495 g/mol. The molecule has 0 aromatic carbocycles. The number of H-pyrrole nitrogens is 1. The van der Waals surface area contributed by atoms with Crippen LogP contribution in [0.4, 0.5) is 0 Å². The van der Waals surface area contributed by atoms with Crippen molar-refractivity contribution < 1.29 is 17.9 Å². The lowest BCUT2D eigenvalue weighted by molar-refractivity contribution is -0.140. The van der Waals surface area contributed by atoms with Gasteiger partial charge in [0, 0.05) is 41.8 Å². The van der Waals surface area contributed by atoms with Crippen LogP contribution < -0.4 is 10.3 Å². The molecule has 0 aliphatic carbocycles. The Labute approximate surface area is 197 Å². The molecule has 1 unspecified atom stereocenters. The number of hydrogen-bond donors (Lipinski definition) is 2. The minimum absolute atomic E-state index is 0. The van der Waals surface area contributed by atoms with Gasteiger partial charge in [-0.2, -0.15) is 0 Å². The maximum Gasteiger partial charge on any atom is 0.306 e. The first-order valence-electron chi connectivity index (χ1n) is 9.79. The van der Waals surface area contributed by atoms with Gasteiger partial charge in [-0.05, 0) is 44.5 Å². The van der Waals surface area contributed by atoms with Crippen LogP contribution in [0, 0.1) is 0 Å². The predicted octanol–water partition coefficient (Wildman–Crippen LogP) is 2.15. The van der Waals surface area contributed by atoms with Crippen LogP contribution in [0.25, 0.3) is 5.82 Å². The molecule has 12 heteroatoms. The van der Waals surface area contributed by atoms with Crippen molar-refractivity contribution in [3.05, 3.63) is 70.5 Å². The van der Waals surface area contributed by atoms with Crippen molar-refractivity contribution in [2.45, 2.75) is 43.5 Å². The highest BCUT2D eigenvalue weighted by molar-refractivity contribution is 7.89. The molecule has 1 atom stereocenters. The van der Waals surface area contributed by atoms with Crippen molar-refractivity contribution >= 4 is 28.4 Å². The lowest BCUT2D eigenvalue weighted by Crippen LogP contribution is -2.40. The lowest BCUT2D eigenvalue weighted by Gasteiger charge is -2.20. The number of aromatic nitrogens is 4. The summed E-state index contributed by atoms with van der Waals surface area (Å²) in [5.41, 5.74) is -0.0530. The molecule has 10 nitrogen and oxygen atoms in total. The van der Waals surface area contributed by atoms with Gasteiger partial charge in [-0.15, -0.1) is 12.4 Å². The summed E-state index contributed by atoms with van der Waals surface area (Å²) in [5, 5.41) is 2.83. The van der Waals surface area contributed by atoms with Gasteiger partial charge in [0.2, 0.25) is 10.0 Å². The van der Waals surface area contributed by atoms with Crippen LogP contribution in [0.5, 0.6) is 0 Å². The first-order valence-corrected chi connectivity index (χ1v) is 11.3. The van der Waals surface area contributed by atoms with Gasteiger partial charge in [-0.3, -0.25) is 19.7 Å². The Kier molecular flexibility index (Phi) is 8.17. The van der Waals surface area contributed by atoms with E-state index in [1.807, 2.05) is 0 Å². The van der Waals surface area contributed by atoms with Crippen molar-refractivity contribution in [1.29, 1.82) is 0 Å². The second-order valence-electron chi connectivity index (χ2n) is 8.20. The number of sulfonamides is 1. The van der Waals surface area contributed by atoms with E-state index < -0.39 is 33.0 Å². The molecule has 178 valence electrons. The zero-order valence-electron chi connectivity index (χ0n) is 18.6. The highest BCUT2D eigenvalue weighted by atomic mass is 35.5. The number of methoxy groups -OCH3 is 1. The Morgan fingerprint density at radius 2 is 1.97 bits per heavy atom. The van der Waals surface area contributed by atoms with E-state index in [0.29, 0.717) is 11.1 Å². The summed E-state index contributed by atoms with van der Waals surface area (Å²) in [6, 6.07) is 6.29. The molecule has 3 rings (SSSR count). The van der Waals surface area contributed by atoms with Crippen LogP contribution >= 0.6 is 12.4 Å². The fraction of sp³-hybridized carbons (Fsp3) is 0.333. The van der Waals surface area contributed by atoms with E-state index in [1.165, 1.54) is 36.3 Å². The van der Waals surface area contributed by atoms with Gasteiger partial charge in [-0.25, -0.2) is 22.8 Å². The number of ether oxygens (including phenoxy) is 1. The summed E-state index contributed by atoms with van der Waals surface area (Å²) in [6.45, 7) is 5.21. The molecule has 0 bridgehead atoms. The van der Waals surface area contributed by atoms with E-state index in [4.69, 9.17) is 4.74 Å². The van der Waals surface area contributed by atoms with E-state index in [-0.39, 0.29) is 29.5 Å². The molecule has 0 saturated heterocycles. The summed E-state index contributed by atoms with van der Waals surface area (Å²) in [6.07, 6.45) is 5.82. The predicted molar refractivity (Wildman–Crippen MR) is 124 cm³/mol. The quantitative estimate of drug-likeness (QED) is 0.479. The Hall–Kier alpha value is -3.02. The second-order valence-corrected chi connectivity index (χ2v) is 9.88. The zero-order chi connectivity index (χ0) is 23.5. The first kappa shape index (κ1) is 26.2. The van der Waals surface area contributed by atoms with Crippen molar-refractivity contribution in [2.75, 3.05) is 7.11 Å². The summed E-state index contributed by atoms with van der Waals surface area (Å²) < 4.78 is 33.4. The molecular weight excluding hydrogens is 470 g/mol. The maximum absolute atomic E-state index is 13.1. The highest BCUT2D eigenvalue weighted by Gasteiger charge is 2.25. The van der Waals surface area contributed by atoms with Crippen molar-refractivity contribution in [2.24, 2.45) is 0 Å². The Bertz CT molecular complexity index is 1250. The Balaban J connectivity index is 0.00000385. The smallest absolute Gasteiger partial charge is 0.306 e. The molecule has 0 aliphatic heterocycles. The number of pyridine rings is 2. The van der Waals surface area contributed by atoms with Crippen LogP contribution in [0.2, 0.25) is 0 Å². The first-order chi connectivity index (χ1) is 15.0. The summed E-state index contributed by atoms with van der Waals surface area (Å²) in [7, 11) is -2.47. The zero-order valence-corrected chi connectivity index (χ0v) is 20.2. The Morgan fingerprint density at radius 1 is 1.24 bits per heavy atom. The summed E-state index contributed by atoms with van der Waals surface area (Å²) in [5.74, 6) is -0.833. The van der Waals surface area contributed by atoms with Crippen LogP contribution in [-0.2, 0) is 19.6 Å². The van der Waals surface area contributed by atoms with E-state index in [0.717, 1.165) is 0 Å². The minimum atomic E-state index is -3.76. The molecule has 2 N–H and O–H groups in total. The van der Waals surface area contributed by atoms with E-state index in [1.54, 1.807) is 45.3 Å². The molecule has 0 saturated carbocycles. The minimum Gasteiger partial charge on any atom is -0.469 e. The van der Waals surface area contributed by atoms with Gasteiger partial charge >= 0.3 is 5.97 Å². The van der Waals surface area contributed by atoms with Gasteiger partial charge in [0.1, 0.15) is 4.90 Å². The van der Waals surface area contributed by atoms with E-state index in [2.05, 4.69) is 19.8 Å². The molecular formula is C21H26ClN5O5S. The lowest BCUT2D eigenvalue weighted by atomic mass is 9.91. The van der Waals surface area contributed by atoms with Crippen molar-refractivity contribution in [3.8, 4) is 5.82 Å². The van der Waals surface area contributed by atoms with Gasteiger partial charge < -0.3 is 4.74 Å². The van der Waals surface area contributed by atoms with Gasteiger partial charge in [-0.1, -0.05) is 6.07 Å². The largest absolute Gasteiger partial charge is 0.469 e.